The molecule has 10 nitrogen and oxygen atoms in total. The van der Waals surface area contributed by atoms with Crippen LogP contribution in [0.25, 0.3) is 0 Å². The fourth-order valence-electron chi connectivity index (χ4n) is 3.35. The quantitative estimate of drug-likeness (QED) is 0.197. The molecule has 4 unspecified atom stereocenters. The number of benzene rings is 1. The maximum absolute atomic E-state index is 13.0. The first-order valence-corrected chi connectivity index (χ1v) is 11.7. The van der Waals surface area contributed by atoms with E-state index in [-0.39, 0.29) is 18.8 Å². The van der Waals surface area contributed by atoms with Crippen LogP contribution in [-0.2, 0) is 25.6 Å². The Balaban J connectivity index is 2.86. The fraction of sp³-hybridized carbons (Fsp3) is 0.583. The van der Waals surface area contributed by atoms with Crippen molar-refractivity contribution in [1.29, 1.82) is 0 Å². The molecule has 8 N–H and O–H groups in total. The van der Waals surface area contributed by atoms with Crippen molar-refractivity contribution in [3.63, 3.8) is 0 Å². The predicted molar refractivity (Wildman–Crippen MR) is 130 cm³/mol. The highest BCUT2D eigenvalue weighted by molar-refractivity contribution is 5.94. The van der Waals surface area contributed by atoms with Gasteiger partial charge in [-0.1, -0.05) is 50.6 Å². The van der Waals surface area contributed by atoms with Crippen molar-refractivity contribution in [2.24, 2.45) is 17.4 Å². The van der Waals surface area contributed by atoms with Gasteiger partial charge < -0.3 is 32.5 Å². The van der Waals surface area contributed by atoms with Gasteiger partial charge in [-0.3, -0.25) is 14.4 Å². The van der Waals surface area contributed by atoms with Gasteiger partial charge >= 0.3 is 5.97 Å². The van der Waals surface area contributed by atoms with E-state index in [1.165, 1.54) is 6.92 Å². The van der Waals surface area contributed by atoms with Crippen LogP contribution >= 0.6 is 0 Å². The lowest BCUT2D eigenvalue weighted by Gasteiger charge is -2.24. The van der Waals surface area contributed by atoms with E-state index in [4.69, 9.17) is 11.5 Å². The molecule has 3 amide bonds. The highest BCUT2D eigenvalue weighted by Gasteiger charge is 2.28. The lowest BCUT2D eigenvalue weighted by Crippen LogP contribution is -2.57. The average molecular weight is 478 g/mol. The first-order chi connectivity index (χ1) is 16.0. The van der Waals surface area contributed by atoms with Crippen molar-refractivity contribution < 1.29 is 24.3 Å². The van der Waals surface area contributed by atoms with Crippen LogP contribution in [0.3, 0.4) is 0 Å². The molecule has 0 aliphatic carbocycles. The smallest absolute Gasteiger partial charge is 0.326 e. The second-order valence-electron chi connectivity index (χ2n) is 8.90. The molecule has 1 rings (SSSR count). The number of rotatable bonds is 15. The zero-order valence-electron chi connectivity index (χ0n) is 20.3. The van der Waals surface area contributed by atoms with Crippen molar-refractivity contribution in [3.8, 4) is 0 Å². The summed E-state index contributed by atoms with van der Waals surface area (Å²) >= 11 is 0. The summed E-state index contributed by atoms with van der Waals surface area (Å²) in [5.41, 5.74) is 12.3. The normalized spacial score (nSPS) is 14.5. The maximum Gasteiger partial charge on any atom is 0.326 e. The monoisotopic (exact) mass is 477 g/mol. The van der Waals surface area contributed by atoms with Gasteiger partial charge in [0.2, 0.25) is 17.7 Å². The van der Waals surface area contributed by atoms with E-state index in [9.17, 15) is 24.3 Å². The number of aliphatic carboxylic acids is 1. The molecule has 0 aliphatic rings. The van der Waals surface area contributed by atoms with Crippen LogP contribution in [0.5, 0.6) is 0 Å². The number of nitrogens with one attached hydrogen (secondary N) is 3. The van der Waals surface area contributed by atoms with Gasteiger partial charge in [-0.05, 0) is 44.2 Å². The summed E-state index contributed by atoms with van der Waals surface area (Å²) in [5.74, 6) is -2.73. The number of carbonyl (C=O) groups is 4. The van der Waals surface area contributed by atoms with Gasteiger partial charge in [0.15, 0.2) is 0 Å². The molecule has 4 atom stereocenters. The van der Waals surface area contributed by atoms with Crippen molar-refractivity contribution in [2.45, 2.75) is 77.0 Å². The summed E-state index contributed by atoms with van der Waals surface area (Å²) in [6, 6.07) is 5.33. The summed E-state index contributed by atoms with van der Waals surface area (Å²) in [4.78, 5) is 49.6. The number of carboxylic acid groups (broad SMARTS) is 1. The number of nitrogens with two attached hydrogens (primary N) is 2. The van der Waals surface area contributed by atoms with E-state index < -0.39 is 47.9 Å². The molecular weight excluding hydrogens is 438 g/mol. The summed E-state index contributed by atoms with van der Waals surface area (Å²) in [6.07, 6.45) is 2.34. The third-order valence-electron chi connectivity index (χ3n) is 5.30. The van der Waals surface area contributed by atoms with Crippen molar-refractivity contribution in [2.75, 3.05) is 6.54 Å². The SMILES string of the molecule is CC(C)CC(NC(=O)C(C)NC(=O)C(Cc1ccccc1)NC(=O)C(N)CCCCN)C(=O)O. The molecule has 10 heteroatoms. The molecule has 190 valence electrons. The standard InChI is InChI=1S/C24H39N5O5/c1-15(2)13-20(24(33)34)29-21(30)16(3)27-23(32)19(14-17-9-5-4-6-10-17)28-22(31)18(26)11-7-8-12-25/h4-6,9-10,15-16,18-20H,7-8,11-14,25-26H2,1-3H3,(H,27,32)(H,28,31)(H,29,30)(H,33,34). The fourth-order valence-corrected chi connectivity index (χ4v) is 3.35. The van der Waals surface area contributed by atoms with Gasteiger partial charge in [0.25, 0.3) is 0 Å². The minimum atomic E-state index is -1.14. The molecule has 0 saturated carbocycles. The van der Waals surface area contributed by atoms with Gasteiger partial charge in [0, 0.05) is 6.42 Å². The van der Waals surface area contributed by atoms with Crippen LogP contribution in [0.1, 0.15) is 52.0 Å². The number of unbranched alkanes of at least 4 members (excludes halogenated alkanes) is 1. The lowest BCUT2D eigenvalue weighted by atomic mass is 10.0. The Morgan fingerprint density at radius 3 is 2.06 bits per heavy atom. The van der Waals surface area contributed by atoms with E-state index in [2.05, 4.69) is 16.0 Å². The van der Waals surface area contributed by atoms with E-state index in [1.54, 1.807) is 0 Å². The van der Waals surface area contributed by atoms with Crippen molar-refractivity contribution in [3.05, 3.63) is 35.9 Å². The molecule has 0 bridgehead atoms. The maximum atomic E-state index is 13.0. The van der Waals surface area contributed by atoms with Crippen LogP contribution in [0, 0.1) is 5.92 Å². The summed E-state index contributed by atoms with van der Waals surface area (Å²) in [5, 5.41) is 17.1. The Kier molecular flexibility index (Phi) is 12.8. The molecule has 0 fully saturated rings. The van der Waals surface area contributed by atoms with Gasteiger partial charge in [-0.2, -0.15) is 0 Å². The minimum absolute atomic E-state index is 0.0609. The third-order valence-corrected chi connectivity index (χ3v) is 5.30. The lowest BCUT2D eigenvalue weighted by molar-refractivity contribution is -0.142. The van der Waals surface area contributed by atoms with Crippen LogP contribution in [0.4, 0.5) is 0 Å². The molecule has 0 spiro atoms. The highest BCUT2D eigenvalue weighted by atomic mass is 16.4. The summed E-state index contributed by atoms with van der Waals surface area (Å²) < 4.78 is 0. The number of hydrogen-bond acceptors (Lipinski definition) is 6. The van der Waals surface area contributed by atoms with E-state index in [0.717, 1.165) is 12.0 Å². The largest absolute Gasteiger partial charge is 0.480 e. The molecule has 0 aromatic heterocycles. The van der Waals surface area contributed by atoms with Crippen LogP contribution < -0.4 is 27.4 Å². The Labute approximate surface area is 201 Å². The second-order valence-corrected chi connectivity index (χ2v) is 8.90. The summed E-state index contributed by atoms with van der Waals surface area (Å²) in [6.45, 7) is 5.67. The molecule has 34 heavy (non-hydrogen) atoms. The number of carboxylic acids is 1. The Bertz CT molecular complexity index is 802. The van der Waals surface area contributed by atoms with E-state index >= 15 is 0 Å². The van der Waals surface area contributed by atoms with Crippen LogP contribution in [0.2, 0.25) is 0 Å². The van der Waals surface area contributed by atoms with Crippen molar-refractivity contribution >= 4 is 23.7 Å². The van der Waals surface area contributed by atoms with Crippen molar-refractivity contribution in [1.82, 2.24) is 16.0 Å². The third kappa shape index (κ3) is 10.8. The predicted octanol–water partition coefficient (Wildman–Crippen LogP) is 0.290. The Hall–Kier alpha value is -2.98. The molecule has 0 heterocycles. The molecule has 0 radical (unpaired) electrons. The molecule has 0 aliphatic heterocycles. The second kappa shape index (κ2) is 15.0. The van der Waals surface area contributed by atoms with Gasteiger partial charge in [0.1, 0.15) is 18.1 Å². The minimum Gasteiger partial charge on any atom is -0.480 e. The number of carbonyl (C=O) groups excluding carboxylic acids is 3. The summed E-state index contributed by atoms with van der Waals surface area (Å²) in [7, 11) is 0. The Morgan fingerprint density at radius 1 is 0.882 bits per heavy atom. The van der Waals surface area contributed by atoms with Gasteiger partial charge in [0.05, 0.1) is 6.04 Å². The average Bonchev–Trinajstić information content (AvgIpc) is 2.78. The molecule has 1 aromatic rings. The molecule has 0 saturated heterocycles. The first kappa shape index (κ1) is 29.1. The highest BCUT2D eigenvalue weighted by Crippen LogP contribution is 2.07. The van der Waals surface area contributed by atoms with E-state index in [0.29, 0.717) is 19.4 Å². The Morgan fingerprint density at radius 2 is 1.50 bits per heavy atom. The van der Waals surface area contributed by atoms with Crippen LogP contribution in [-0.4, -0.2) is 59.5 Å². The molecular formula is C24H39N5O5. The number of amides is 3. The number of hydrogen-bond donors (Lipinski definition) is 6. The van der Waals surface area contributed by atoms with Crippen LogP contribution in [0.15, 0.2) is 30.3 Å². The zero-order chi connectivity index (χ0) is 25.7. The zero-order valence-corrected chi connectivity index (χ0v) is 20.3. The van der Waals surface area contributed by atoms with Gasteiger partial charge in [-0.15, -0.1) is 0 Å². The van der Waals surface area contributed by atoms with Gasteiger partial charge in [-0.25, -0.2) is 4.79 Å². The van der Waals surface area contributed by atoms with E-state index in [1.807, 2.05) is 44.2 Å². The first-order valence-electron chi connectivity index (χ1n) is 11.7. The molecule has 1 aromatic carbocycles. The topological polar surface area (TPSA) is 177 Å².